The van der Waals surface area contributed by atoms with Crippen molar-refractivity contribution in [2.24, 2.45) is 0 Å². The SMILES string of the molecule is CCN1CCN(c2ccc(CBr)c(Br)c2)CC1. The Hall–Kier alpha value is -0.0600. The Labute approximate surface area is 120 Å². The standard InChI is InChI=1S/C13H18Br2N2/c1-2-16-5-7-17(8-6-16)12-4-3-11(10-14)13(15)9-12/h3-4,9H,2,5-8,10H2,1H3. The van der Waals surface area contributed by atoms with E-state index in [4.69, 9.17) is 0 Å². The number of anilines is 1. The van der Waals surface area contributed by atoms with Crippen LogP contribution in [0.15, 0.2) is 22.7 Å². The molecule has 2 nitrogen and oxygen atoms in total. The summed E-state index contributed by atoms with van der Waals surface area (Å²) in [6, 6.07) is 6.65. The lowest BCUT2D eigenvalue weighted by Gasteiger charge is -2.35. The minimum Gasteiger partial charge on any atom is -0.369 e. The molecule has 1 fully saturated rings. The van der Waals surface area contributed by atoms with Crippen molar-refractivity contribution < 1.29 is 0 Å². The van der Waals surface area contributed by atoms with Crippen molar-refractivity contribution in [3.05, 3.63) is 28.2 Å². The van der Waals surface area contributed by atoms with Gasteiger partial charge in [0.2, 0.25) is 0 Å². The molecule has 0 atom stereocenters. The Balaban J connectivity index is 2.06. The third-order valence-corrected chi connectivity index (χ3v) is 4.71. The fraction of sp³-hybridized carbons (Fsp3) is 0.538. The van der Waals surface area contributed by atoms with E-state index in [1.165, 1.54) is 35.4 Å². The Morgan fingerprint density at radius 2 is 1.88 bits per heavy atom. The molecule has 4 heteroatoms. The van der Waals surface area contributed by atoms with Crippen LogP contribution in [0, 0.1) is 0 Å². The van der Waals surface area contributed by atoms with Gasteiger partial charge in [-0.05, 0) is 24.2 Å². The molecule has 2 rings (SSSR count). The van der Waals surface area contributed by atoms with Crippen LogP contribution in [0.2, 0.25) is 0 Å². The number of rotatable bonds is 3. The number of likely N-dealkylation sites (N-methyl/N-ethyl adjacent to an activating group) is 1. The van der Waals surface area contributed by atoms with Crippen LogP contribution in [-0.2, 0) is 5.33 Å². The zero-order valence-corrected chi connectivity index (χ0v) is 13.3. The highest BCUT2D eigenvalue weighted by atomic mass is 79.9. The number of halogens is 2. The molecule has 0 saturated carbocycles. The monoisotopic (exact) mass is 360 g/mol. The Morgan fingerprint density at radius 3 is 2.41 bits per heavy atom. The first kappa shape index (κ1) is 13.4. The van der Waals surface area contributed by atoms with Crippen molar-refractivity contribution in [1.82, 2.24) is 4.90 Å². The van der Waals surface area contributed by atoms with Gasteiger partial charge in [-0.15, -0.1) is 0 Å². The molecule has 0 N–H and O–H groups in total. The first-order valence-electron chi connectivity index (χ1n) is 6.06. The third kappa shape index (κ3) is 3.24. The number of benzene rings is 1. The van der Waals surface area contributed by atoms with E-state index in [2.05, 4.69) is 66.8 Å². The van der Waals surface area contributed by atoms with Gasteiger partial charge >= 0.3 is 0 Å². The summed E-state index contributed by atoms with van der Waals surface area (Å²) in [5, 5.41) is 0.900. The number of alkyl halides is 1. The molecule has 0 amide bonds. The molecule has 1 heterocycles. The quantitative estimate of drug-likeness (QED) is 0.760. The average Bonchev–Trinajstić information content (AvgIpc) is 2.39. The molecule has 1 aromatic carbocycles. The van der Waals surface area contributed by atoms with Crippen molar-refractivity contribution in [1.29, 1.82) is 0 Å². The summed E-state index contributed by atoms with van der Waals surface area (Å²) in [6.45, 7) is 8.02. The molecule has 0 radical (unpaired) electrons. The van der Waals surface area contributed by atoms with Gasteiger partial charge in [0.1, 0.15) is 0 Å². The smallest absolute Gasteiger partial charge is 0.0378 e. The molecule has 1 aliphatic heterocycles. The Morgan fingerprint density at radius 1 is 1.18 bits per heavy atom. The van der Waals surface area contributed by atoms with Crippen LogP contribution in [0.4, 0.5) is 5.69 Å². The van der Waals surface area contributed by atoms with Crippen LogP contribution < -0.4 is 4.90 Å². The minimum atomic E-state index is 0.900. The second kappa shape index (κ2) is 6.21. The predicted octanol–water partition coefficient (Wildman–Crippen LogP) is 3.49. The van der Waals surface area contributed by atoms with Gasteiger partial charge in [-0.2, -0.15) is 0 Å². The largest absolute Gasteiger partial charge is 0.369 e. The number of piperazine rings is 1. The summed E-state index contributed by atoms with van der Waals surface area (Å²) >= 11 is 7.13. The Bertz CT molecular complexity index is 374. The van der Waals surface area contributed by atoms with E-state index in [-0.39, 0.29) is 0 Å². The first-order chi connectivity index (χ1) is 8.24. The predicted molar refractivity (Wildman–Crippen MR) is 81.1 cm³/mol. The van der Waals surface area contributed by atoms with Crippen molar-refractivity contribution >= 4 is 37.5 Å². The van der Waals surface area contributed by atoms with Gasteiger partial charge in [-0.25, -0.2) is 0 Å². The molecule has 0 bridgehead atoms. The van der Waals surface area contributed by atoms with Crippen molar-refractivity contribution in [2.75, 3.05) is 37.6 Å². The number of hydrogen-bond donors (Lipinski definition) is 0. The van der Waals surface area contributed by atoms with Crippen LogP contribution >= 0.6 is 31.9 Å². The lowest BCUT2D eigenvalue weighted by Crippen LogP contribution is -2.46. The fourth-order valence-corrected chi connectivity index (χ4v) is 3.54. The van der Waals surface area contributed by atoms with Gasteiger partial charge in [-0.1, -0.05) is 44.8 Å². The van der Waals surface area contributed by atoms with Crippen molar-refractivity contribution in [3.63, 3.8) is 0 Å². The summed E-state index contributed by atoms with van der Waals surface area (Å²) < 4.78 is 1.20. The fourth-order valence-electron chi connectivity index (χ4n) is 2.16. The third-order valence-electron chi connectivity index (χ3n) is 3.37. The van der Waals surface area contributed by atoms with Gasteiger partial charge in [0.15, 0.2) is 0 Å². The van der Waals surface area contributed by atoms with Gasteiger partial charge < -0.3 is 9.80 Å². The molecular formula is C13H18Br2N2. The van der Waals surface area contributed by atoms with E-state index in [1.807, 2.05) is 0 Å². The second-order valence-corrected chi connectivity index (χ2v) is 5.75. The second-order valence-electron chi connectivity index (χ2n) is 4.33. The van der Waals surface area contributed by atoms with Crippen molar-refractivity contribution in [3.8, 4) is 0 Å². The molecule has 1 aromatic rings. The maximum absolute atomic E-state index is 3.63. The molecule has 1 saturated heterocycles. The zero-order valence-electron chi connectivity index (χ0n) is 10.1. The number of hydrogen-bond acceptors (Lipinski definition) is 2. The van der Waals surface area contributed by atoms with Crippen LogP contribution in [0.1, 0.15) is 12.5 Å². The first-order valence-corrected chi connectivity index (χ1v) is 7.97. The van der Waals surface area contributed by atoms with Gasteiger partial charge in [0.05, 0.1) is 0 Å². The molecule has 0 aliphatic carbocycles. The van der Waals surface area contributed by atoms with E-state index in [0.29, 0.717) is 0 Å². The summed E-state index contributed by atoms with van der Waals surface area (Å²) in [5.74, 6) is 0. The zero-order chi connectivity index (χ0) is 12.3. The summed E-state index contributed by atoms with van der Waals surface area (Å²) in [7, 11) is 0. The molecular weight excluding hydrogens is 344 g/mol. The van der Waals surface area contributed by atoms with E-state index < -0.39 is 0 Å². The summed E-state index contributed by atoms with van der Waals surface area (Å²) in [5.41, 5.74) is 2.64. The highest BCUT2D eigenvalue weighted by Gasteiger charge is 2.16. The van der Waals surface area contributed by atoms with Crippen LogP contribution in [-0.4, -0.2) is 37.6 Å². The summed E-state index contributed by atoms with van der Waals surface area (Å²) in [4.78, 5) is 4.97. The topological polar surface area (TPSA) is 6.48 Å². The summed E-state index contributed by atoms with van der Waals surface area (Å²) in [6.07, 6.45) is 0. The van der Waals surface area contributed by atoms with E-state index in [0.717, 1.165) is 18.4 Å². The minimum absolute atomic E-state index is 0.900. The van der Waals surface area contributed by atoms with Crippen LogP contribution in [0.25, 0.3) is 0 Å². The van der Waals surface area contributed by atoms with Crippen LogP contribution in [0.5, 0.6) is 0 Å². The van der Waals surface area contributed by atoms with Crippen molar-refractivity contribution in [2.45, 2.75) is 12.3 Å². The lowest BCUT2D eigenvalue weighted by molar-refractivity contribution is 0.271. The number of nitrogens with zero attached hydrogens (tertiary/aromatic N) is 2. The molecule has 1 aliphatic rings. The van der Waals surface area contributed by atoms with Crippen LogP contribution in [0.3, 0.4) is 0 Å². The maximum Gasteiger partial charge on any atom is 0.0378 e. The van der Waals surface area contributed by atoms with E-state index in [1.54, 1.807) is 0 Å². The highest BCUT2D eigenvalue weighted by molar-refractivity contribution is 9.10. The normalized spacial score (nSPS) is 17.5. The molecule has 94 valence electrons. The van der Waals surface area contributed by atoms with Gasteiger partial charge in [0, 0.05) is 41.7 Å². The average molecular weight is 362 g/mol. The highest BCUT2D eigenvalue weighted by Crippen LogP contribution is 2.26. The molecule has 0 unspecified atom stereocenters. The van der Waals surface area contributed by atoms with E-state index in [9.17, 15) is 0 Å². The van der Waals surface area contributed by atoms with E-state index >= 15 is 0 Å². The molecule has 0 aromatic heterocycles. The maximum atomic E-state index is 3.63. The van der Waals surface area contributed by atoms with Gasteiger partial charge in [-0.3, -0.25) is 0 Å². The molecule has 17 heavy (non-hydrogen) atoms. The molecule has 0 spiro atoms. The van der Waals surface area contributed by atoms with Gasteiger partial charge in [0.25, 0.3) is 0 Å². The lowest BCUT2D eigenvalue weighted by atomic mass is 10.2. The Kier molecular flexibility index (Phi) is 4.88.